The zero-order valence-electron chi connectivity index (χ0n) is 17.1. The van der Waals surface area contributed by atoms with Gasteiger partial charge in [-0.1, -0.05) is 24.3 Å². The number of piperidine rings is 1. The fourth-order valence-electron chi connectivity index (χ4n) is 4.02. The number of Topliss-reactive ketones (excluding diaryl/α,β-unsaturated/α-hetero) is 2. The molecule has 4 nitrogen and oxygen atoms in total. The van der Waals surface area contributed by atoms with Crippen LogP contribution in [0.1, 0.15) is 57.6 Å². The molecule has 1 fully saturated rings. The van der Waals surface area contributed by atoms with Gasteiger partial charge in [-0.05, 0) is 57.6 Å². The number of hydrogen-bond donors (Lipinski definition) is 0. The van der Waals surface area contributed by atoms with E-state index in [9.17, 15) is 14.4 Å². The standard InChI is InChI=1S/C24H29NO3/c1-16-17(2)24(28)21(18(3)23(16)27)15-20-9-7-8-19(14-20)10-11-22(26)25-12-5-4-6-13-25/h7-9,14H,4-6,10-13,15H2,1-3H3. The lowest BCUT2D eigenvalue weighted by Gasteiger charge is -2.26. The van der Waals surface area contributed by atoms with Gasteiger partial charge in [-0.3, -0.25) is 14.4 Å². The zero-order chi connectivity index (χ0) is 20.3. The molecule has 0 spiro atoms. The molecule has 1 heterocycles. The smallest absolute Gasteiger partial charge is 0.222 e. The monoisotopic (exact) mass is 379 g/mol. The van der Waals surface area contributed by atoms with Crippen LogP contribution in [0.5, 0.6) is 0 Å². The Labute approximate surface area is 167 Å². The molecule has 28 heavy (non-hydrogen) atoms. The minimum Gasteiger partial charge on any atom is -0.343 e. The highest BCUT2D eigenvalue weighted by molar-refractivity contribution is 6.24. The first-order chi connectivity index (χ1) is 13.4. The first-order valence-corrected chi connectivity index (χ1v) is 10.2. The summed E-state index contributed by atoms with van der Waals surface area (Å²) in [5.74, 6) is 0.170. The van der Waals surface area contributed by atoms with Crippen molar-refractivity contribution in [1.29, 1.82) is 0 Å². The van der Waals surface area contributed by atoms with Gasteiger partial charge >= 0.3 is 0 Å². The summed E-state index contributed by atoms with van der Waals surface area (Å²) in [5, 5.41) is 0. The van der Waals surface area contributed by atoms with E-state index in [1.165, 1.54) is 6.42 Å². The van der Waals surface area contributed by atoms with Crippen molar-refractivity contribution in [3.8, 4) is 0 Å². The summed E-state index contributed by atoms with van der Waals surface area (Å²) in [7, 11) is 0. The number of hydrogen-bond acceptors (Lipinski definition) is 3. The Balaban J connectivity index is 1.67. The van der Waals surface area contributed by atoms with E-state index in [0.717, 1.165) is 37.1 Å². The Hall–Kier alpha value is -2.49. The molecular formula is C24H29NO3. The molecule has 1 aromatic carbocycles. The lowest BCUT2D eigenvalue weighted by molar-refractivity contribution is -0.132. The molecule has 2 aliphatic rings. The molecule has 0 aromatic heterocycles. The number of benzene rings is 1. The summed E-state index contributed by atoms with van der Waals surface area (Å²) >= 11 is 0. The second-order valence-electron chi connectivity index (χ2n) is 7.95. The number of nitrogens with zero attached hydrogens (tertiary/aromatic N) is 1. The molecule has 1 aromatic rings. The Kier molecular flexibility index (Phi) is 6.28. The Bertz CT molecular complexity index is 870. The van der Waals surface area contributed by atoms with Crippen LogP contribution >= 0.6 is 0 Å². The number of rotatable bonds is 5. The number of ketones is 2. The van der Waals surface area contributed by atoms with Crippen molar-refractivity contribution in [3.63, 3.8) is 0 Å². The van der Waals surface area contributed by atoms with Crippen molar-refractivity contribution in [2.24, 2.45) is 0 Å². The highest BCUT2D eigenvalue weighted by atomic mass is 16.2. The topological polar surface area (TPSA) is 54.5 Å². The molecule has 1 aliphatic carbocycles. The maximum absolute atomic E-state index is 12.7. The zero-order valence-corrected chi connectivity index (χ0v) is 17.1. The minimum atomic E-state index is -0.0321. The lowest BCUT2D eigenvalue weighted by Crippen LogP contribution is -2.35. The highest BCUT2D eigenvalue weighted by Crippen LogP contribution is 2.27. The summed E-state index contributed by atoms with van der Waals surface area (Å²) in [5.41, 5.74) is 4.35. The second kappa shape index (κ2) is 8.68. The molecule has 1 amide bonds. The summed E-state index contributed by atoms with van der Waals surface area (Å²) in [6.45, 7) is 6.95. The Morgan fingerprint density at radius 3 is 2.25 bits per heavy atom. The van der Waals surface area contributed by atoms with Crippen molar-refractivity contribution in [2.45, 2.75) is 59.3 Å². The van der Waals surface area contributed by atoms with Crippen molar-refractivity contribution in [1.82, 2.24) is 4.90 Å². The first kappa shape index (κ1) is 20.2. The number of carbonyl (C=O) groups excluding carboxylic acids is 3. The van der Waals surface area contributed by atoms with E-state index in [0.29, 0.717) is 41.6 Å². The van der Waals surface area contributed by atoms with Gasteiger partial charge in [0, 0.05) is 48.2 Å². The van der Waals surface area contributed by atoms with Crippen LogP contribution in [0, 0.1) is 0 Å². The molecule has 1 saturated heterocycles. The molecule has 0 N–H and O–H groups in total. The van der Waals surface area contributed by atoms with Crippen LogP contribution in [-0.4, -0.2) is 35.5 Å². The van der Waals surface area contributed by atoms with E-state index in [2.05, 4.69) is 6.07 Å². The third-order valence-corrected chi connectivity index (χ3v) is 6.02. The SMILES string of the molecule is CC1=C(C)C(=O)C(Cc2cccc(CCC(=O)N3CCCCC3)c2)=C(C)C1=O. The van der Waals surface area contributed by atoms with Crippen LogP contribution in [0.3, 0.4) is 0 Å². The average Bonchev–Trinajstić information content (AvgIpc) is 2.73. The highest BCUT2D eigenvalue weighted by Gasteiger charge is 2.27. The fourth-order valence-corrected chi connectivity index (χ4v) is 4.02. The van der Waals surface area contributed by atoms with Crippen LogP contribution in [0.4, 0.5) is 0 Å². The summed E-state index contributed by atoms with van der Waals surface area (Å²) < 4.78 is 0. The fraction of sp³-hybridized carbons (Fsp3) is 0.458. The van der Waals surface area contributed by atoms with Crippen LogP contribution in [0.25, 0.3) is 0 Å². The van der Waals surface area contributed by atoms with Gasteiger partial charge in [-0.15, -0.1) is 0 Å². The molecular weight excluding hydrogens is 350 g/mol. The van der Waals surface area contributed by atoms with Gasteiger partial charge in [0.2, 0.25) is 5.91 Å². The minimum absolute atomic E-state index is 0.0275. The molecule has 1 aliphatic heterocycles. The average molecular weight is 380 g/mol. The van der Waals surface area contributed by atoms with Gasteiger partial charge in [-0.2, -0.15) is 0 Å². The summed E-state index contributed by atoms with van der Waals surface area (Å²) in [6.07, 6.45) is 5.10. The molecule has 148 valence electrons. The van der Waals surface area contributed by atoms with Crippen LogP contribution in [-0.2, 0) is 27.2 Å². The van der Waals surface area contributed by atoms with Gasteiger partial charge in [0.1, 0.15) is 0 Å². The van der Waals surface area contributed by atoms with Gasteiger partial charge < -0.3 is 4.90 Å². The third-order valence-electron chi connectivity index (χ3n) is 6.02. The van der Waals surface area contributed by atoms with E-state index < -0.39 is 0 Å². The third kappa shape index (κ3) is 4.32. The number of amides is 1. The van der Waals surface area contributed by atoms with Crippen molar-refractivity contribution >= 4 is 17.5 Å². The molecule has 4 heteroatoms. The predicted molar refractivity (Wildman–Crippen MR) is 110 cm³/mol. The largest absolute Gasteiger partial charge is 0.343 e. The normalized spacial score (nSPS) is 18.2. The van der Waals surface area contributed by atoms with Gasteiger partial charge in [0.25, 0.3) is 0 Å². The van der Waals surface area contributed by atoms with E-state index in [1.54, 1.807) is 20.8 Å². The van der Waals surface area contributed by atoms with Gasteiger partial charge in [0.05, 0.1) is 0 Å². The van der Waals surface area contributed by atoms with E-state index in [1.807, 2.05) is 23.1 Å². The first-order valence-electron chi connectivity index (χ1n) is 10.2. The molecule has 0 saturated carbocycles. The van der Waals surface area contributed by atoms with E-state index >= 15 is 0 Å². The van der Waals surface area contributed by atoms with Gasteiger partial charge in [0.15, 0.2) is 11.6 Å². The van der Waals surface area contributed by atoms with Crippen molar-refractivity contribution < 1.29 is 14.4 Å². The van der Waals surface area contributed by atoms with E-state index in [-0.39, 0.29) is 17.5 Å². The number of carbonyl (C=O) groups is 3. The van der Waals surface area contributed by atoms with Crippen LogP contribution < -0.4 is 0 Å². The second-order valence-corrected chi connectivity index (χ2v) is 7.95. The lowest BCUT2D eigenvalue weighted by atomic mass is 9.83. The molecule has 0 atom stereocenters. The maximum atomic E-state index is 12.7. The molecule has 0 radical (unpaired) electrons. The maximum Gasteiger partial charge on any atom is 0.222 e. The number of likely N-dealkylation sites (tertiary alicyclic amines) is 1. The molecule has 3 rings (SSSR count). The number of allylic oxidation sites excluding steroid dienone is 4. The van der Waals surface area contributed by atoms with Crippen molar-refractivity contribution in [2.75, 3.05) is 13.1 Å². The van der Waals surface area contributed by atoms with Crippen molar-refractivity contribution in [3.05, 3.63) is 57.7 Å². The van der Waals surface area contributed by atoms with Gasteiger partial charge in [-0.25, -0.2) is 0 Å². The predicted octanol–water partition coefficient (Wildman–Crippen LogP) is 3.98. The summed E-state index contributed by atoms with van der Waals surface area (Å²) in [6, 6.07) is 8.03. The van der Waals surface area contributed by atoms with E-state index in [4.69, 9.17) is 0 Å². The Morgan fingerprint density at radius 1 is 0.893 bits per heavy atom. The Morgan fingerprint density at radius 2 is 1.54 bits per heavy atom. The summed E-state index contributed by atoms with van der Waals surface area (Å²) in [4.78, 5) is 39.4. The molecule has 0 bridgehead atoms. The number of aryl methyl sites for hydroxylation is 1. The molecule has 0 unspecified atom stereocenters. The van der Waals surface area contributed by atoms with Crippen LogP contribution in [0.15, 0.2) is 46.6 Å². The van der Waals surface area contributed by atoms with Crippen LogP contribution in [0.2, 0.25) is 0 Å². The quantitative estimate of drug-likeness (QED) is 0.727.